The van der Waals surface area contributed by atoms with Crippen LogP contribution in [0.1, 0.15) is 23.6 Å². The molecule has 166 valence electrons. The lowest BCUT2D eigenvalue weighted by Gasteiger charge is -2.18. The number of benzene rings is 3. The molecule has 1 unspecified atom stereocenters. The van der Waals surface area contributed by atoms with Gasteiger partial charge in [-0.25, -0.2) is 4.79 Å². The number of nitrogens with one attached hydrogen (secondary N) is 3. The van der Waals surface area contributed by atoms with Crippen molar-refractivity contribution in [2.45, 2.75) is 25.6 Å². The molecule has 0 saturated carbocycles. The molecule has 3 amide bonds. The zero-order valence-electron chi connectivity index (χ0n) is 17.2. The van der Waals surface area contributed by atoms with Gasteiger partial charge in [0.1, 0.15) is 6.04 Å². The van der Waals surface area contributed by atoms with E-state index in [2.05, 4.69) is 16.0 Å². The normalized spacial score (nSPS) is 12.0. The molecule has 0 bridgehead atoms. The van der Waals surface area contributed by atoms with Gasteiger partial charge in [0.05, 0.1) is 11.3 Å². The van der Waals surface area contributed by atoms with E-state index < -0.39 is 35.4 Å². The second-order valence-electron chi connectivity index (χ2n) is 7.17. The largest absolute Gasteiger partial charge is 0.418 e. The van der Waals surface area contributed by atoms with Gasteiger partial charge in [0.15, 0.2) is 0 Å². The Morgan fingerprint density at radius 1 is 0.812 bits per heavy atom. The van der Waals surface area contributed by atoms with E-state index in [9.17, 15) is 22.8 Å². The van der Waals surface area contributed by atoms with E-state index >= 15 is 0 Å². The van der Waals surface area contributed by atoms with Gasteiger partial charge < -0.3 is 16.0 Å². The fourth-order valence-electron chi connectivity index (χ4n) is 3.11. The van der Waals surface area contributed by atoms with E-state index in [1.807, 2.05) is 42.5 Å². The summed E-state index contributed by atoms with van der Waals surface area (Å²) in [5, 5.41) is 7.30. The van der Waals surface area contributed by atoms with Crippen LogP contribution in [-0.4, -0.2) is 18.0 Å². The highest BCUT2D eigenvalue weighted by Crippen LogP contribution is 2.34. The van der Waals surface area contributed by atoms with Gasteiger partial charge >= 0.3 is 12.2 Å². The lowest BCUT2D eigenvalue weighted by atomic mass is 10.0. The highest BCUT2D eigenvalue weighted by Gasteiger charge is 2.33. The van der Waals surface area contributed by atoms with Gasteiger partial charge in [-0.1, -0.05) is 60.7 Å². The highest BCUT2D eigenvalue weighted by atomic mass is 19.4. The van der Waals surface area contributed by atoms with Crippen molar-refractivity contribution in [1.82, 2.24) is 5.32 Å². The summed E-state index contributed by atoms with van der Waals surface area (Å²) in [5.41, 5.74) is 1.20. The Balaban J connectivity index is 1.63. The molecule has 1 atom stereocenters. The fourth-order valence-corrected chi connectivity index (χ4v) is 3.11. The number of carbonyl (C=O) groups excluding carboxylic acids is 2. The number of carbonyl (C=O) groups is 2. The predicted molar refractivity (Wildman–Crippen MR) is 117 cm³/mol. The molecule has 0 aliphatic carbocycles. The summed E-state index contributed by atoms with van der Waals surface area (Å²) < 4.78 is 39.3. The van der Waals surface area contributed by atoms with E-state index in [0.717, 1.165) is 23.3 Å². The van der Waals surface area contributed by atoms with Crippen LogP contribution >= 0.6 is 0 Å². The van der Waals surface area contributed by atoms with Crippen molar-refractivity contribution in [2.24, 2.45) is 0 Å². The Morgan fingerprint density at radius 3 is 2.09 bits per heavy atom. The summed E-state index contributed by atoms with van der Waals surface area (Å²) in [7, 11) is 0. The topological polar surface area (TPSA) is 70.2 Å². The van der Waals surface area contributed by atoms with Gasteiger partial charge in [0, 0.05) is 5.69 Å². The van der Waals surface area contributed by atoms with Crippen LogP contribution in [0.15, 0.2) is 78.9 Å². The number of hydrogen-bond donors (Lipinski definition) is 3. The third-order valence-corrected chi connectivity index (χ3v) is 4.73. The molecule has 32 heavy (non-hydrogen) atoms. The maximum Gasteiger partial charge on any atom is 0.418 e. The molecule has 0 fully saturated rings. The van der Waals surface area contributed by atoms with Crippen LogP contribution in [0.25, 0.3) is 0 Å². The molecular weight excluding hydrogens is 419 g/mol. The maximum absolute atomic E-state index is 13.1. The van der Waals surface area contributed by atoms with Crippen LogP contribution in [-0.2, 0) is 17.4 Å². The van der Waals surface area contributed by atoms with Crippen molar-refractivity contribution in [3.63, 3.8) is 0 Å². The molecule has 3 rings (SSSR count). The average molecular weight is 441 g/mol. The lowest BCUT2D eigenvalue weighted by Crippen LogP contribution is -2.43. The van der Waals surface area contributed by atoms with Crippen LogP contribution in [0.2, 0.25) is 0 Å². The second kappa shape index (κ2) is 10.00. The first-order valence-corrected chi connectivity index (χ1v) is 9.90. The van der Waals surface area contributed by atoms with Crippen molar-refractivity contribution in [1.29, 1.82) is 0 Å². The predicted octanol–water partition coefficient (Wildman–Crippen LogP) is 5.44. The molecule has 3 N–H and O–H groups in total. The van der Waals surface area contributed by atoms with Crippen LogP contribution in [0.5, 0.6) is 0 Å². The minimum atomic E-state index is -4.62. The SMILES string of the molecule is CC(NC(=O)Nc1ccccc1C(F)(F)F)C(=O)Nc1ccccc1Cc1ccccc1. The molecule has 8 heteroatoms. The molecule has 0 aliphatic rings. The van der Waals surface area contributed by atoms with Crippen LogP contribution in [0.4, 0.5) is 29.3 Å². The summed E-state index contributed by atoms with van der Waals surface area (Å²) in [6, 6.07) is 19.7. The Labute approximate surface area is 183 Å². The molecule has 0 aromatic heterocycles. The molecule has 5 nitrogen and oxygen atoms in total. The van der Waals surface area contributed by atoms with Crippen molar-refractivity contribution in [3.05, 3.63) is 95.6 Å². The minimum absolute atomic E-state index is 0.390. The van der Waals surface area contributed by atoms with Gasteiger partial charge in [0.25, 0.3) is 0 Å². The number of amides is 3. The number of alkyl halides is 3. The fraction of sp³-hybridized carbons (Fsp3) is 0.167. The molecule has 0 radical (unpaired) electrons. The van der Waals surface area contributed by atoms with Gasteiger partial charge in [-0.05, 0) is 42.7 Å². The third kappa shape index (κ3) is 6.10. The molecule has 0 saturated heterocycles. The minimum Gasteiger partial charge on any atom is -0.326 e. The number of urea groups is 1. The van der Waals surface area contributed by atoms with Crippen LogP contribution in [0.3, 0.4) is 0 Å². The Hall–Kier alpha value is -3.81. The van der Waals surface area contributed by atoms with Crippen molar-refractivity contribution < 1.29 is 22.8 Å². The standard InChI is InChI=1S/C24H22F3N3O2/c1-16(28-23(32)30-21-14-8-6-12-19(21)24(25,26)27)22(31)29-20-13-7-5-11-18(20)15-17-9-3-2-4-10-17/h2-14,16H,15H2,1H3,(H,29,31)(H2,28,30,32). The second-order valence-corrected chi connectivity index (χ2v) is 7.17. The Kier molecular flexibility index (Phi) is 7.14. The summed E-state index contributed by atoms with van der Waals surface area (Å²) in [6.45, 7) is 1.45. The van der Waals surface area contributed by atoms with Crippen molar-refractivity contribution >= 4 is 23.3 Å². The maximum atomic E-state index is 13.1. The van der Waals surface area contributed by atoms with Crippen LogP contribution < -0.4 is 16.0 Å². The molecule has 3 aromatic carbocycles. The molecule has 0 heterocycles. The highest BCUT2D eigenvalue weighted by molar-refractivity contribution is 5.99. The number of anilines is 2. The van der Waals surface area contributed by atoms with E-state index in [1.54, 1.807) is 12.1 Å². The number of halogens is 3. The van der Waals surface area contributed by atoms with E-state index in [4.69, 9.17) is 0 Å². The first-order valence-electron chi connectivity index (χ1n) is 9.90. The zero-order chi connectivity index (χ0) is 23.1. The van der Waals surface area contributed by atoms with Gasteiger partial charge in [0.2, 0.25) is 5.91 Å². The van der Waals surface area contributed by atoms with Crippen LogP contribution in [0, 0.1) is 0 Å². The Bertz CT molecular complexity index is 1090. The quantitative estimate of drug-likeness (QED) is 0.476. The lowest BCUT2D eigenvalue weighted by molar-refractivity contribution is -0.137. The summed E-state index contributed by atoms with van der Waals surface area (Å²) in [5.74, 6) is -0.496. The molecule has 0 aliphatic heterocycles. The molecule has 3 aromatic rings. The summed E-state index contributed by atoms with van der Waals surface area (Å²) in [4.78, 5) is 24.8. The van der Waals surface area contributed by atoms with Crippen molar-refractivity contribution in [3.8, 4) is 0 Å². The summed E-state index contributed by atoms with van der Waals surface area (Å²) in [6.07, 6.45) is -4.01. The van der Waals surface area contributed by atoms with E-state index in [1.165, 1.54) is 19.1 Å². The monoisotopic (exact) mass is 441 g/mol. The Morgan fingerprint density at radius 2 is 1.41 bits per heavy atom. The number of hydrogen-bond acceptors (Lipinski definition) is 2. The first-order chi connectivity index (χ1) is 15.2. The number of para-hydroxylation sites is 2. The van der Waals surface area contributed by atoms with E-state index in [0.29, 0.717) is 12.1 Å². The van der Waals surface area contributed by atoms with E-state index in [-0.39, 0.29) is 0 Å². The first kappa shape index (κ1) is 22.9. The van der Waals surface area contributed by atoms with Gasteiger partial charge in [-0.2, -0.15) is 13.2 Å². The molecule has 0 spiro atoms. The zero-order valence-corrected chi connectivity index (χ0v) is 17.2. The third-order valence-electron chi connectivity index (χ3n) is 4.73. The molecular formula is C24H22F3N3O2. The van der Waals surface area contributed by atoms with Gasteiger partial charge in [-0.3, -0.25) is 4.79 Å². The van der Waals surface area contributed by atoms with Gasteiger partial charge in [-0.15, -0.1) is 0 Å². The smallest absolute Gasteiger partial charge is 0.326 e. The summed E-state index contributed by atoms with van der Waals surface area (Å²) >= 11 is 0. The average Bonchev–Trinajstić information content (AvgIpc) is 2.75. The number of rotatable bonds is 6. The van der Waals surface area contributed by atoms with Crippen molar-refractivity contribution in [2.75, 3.05) is 10.6 Å².